The van der Waals surface area contributed by atoms with E-state index in [4.69, 9.17) is 11.6 Å². The standard InChI is InChI=1S/C17H24ClN3O/c1-3-15(19-14-10-8-13(18)9-11-14)17(22)21-20-16-7-5-4-6-12(16)2/h8-12,15,19H,3-7H2,1-2H3,(H,21,22)/t12-,15-/m1/s1. The lowest BCUT2D eigenvalue weighted by atomic mass is 9.89. The number of benzene rings is 1. The molecule has 0 aliphatic heterocycles. The molecule has 1 saturated carbocycles. The number of anilines is 1. The number of rotatable bonds is 5. The van der Waals surface area contributed by atoms with Crippen LogP contribution in [0.3, 0.4) is 0 Å². The van der Waals surface area contributed by atoms with Gasteiger partial charge in [0, 0.05) is 16.4 Å². The first kappa shape index (κ1) is 16.8. The van der Waals surface area contributed by atoms with Gasteiger partial charge in [0.25, 0.3) is 5.91 Å². The number of carbonyl (C=O) groups excluding carboxylic acids is 1. The summed E-state index contributed by atoms with van der Waals surface area (Å²) in [6, 6.07) is 7.04. The van der Waals surface area contributed by atoms with Crippen molar-refractivity contribution >= 4 is 28.9 Å². The Morgan fingerprint density at radius 1 is 1.36 bits per heavy atom. The van der Waals surface area contributed by atoms with Gasteiger partial charge >= 0.3 is 0 Å². The number of halogens is 1. The second-order valence-electron chi connectivity index (χ2n) is 5.84. The molecule has 1 aliphatic carbocycles. The van der Waals surface area contributed by atoms with E-state index in [2.05, 4.69) is 22.8 Å². The Labute approximate surface area is 137 Å². The number of carbonyl (C=O) groups is 1. The highest BCUT2D eigenvalue weighted by Crippen LogP contribution is 2.20. The van der Waals surface area contributed by atoms with Crippen LogP contribution in [0.15, 0.2) is 29.4 Å². The summed E-state index contributed by atoms with van der Waals surface area (Å²) in [5.41, 5.74) is 4.72. The summed E-state index contributed by atoms with van der Waals surface area (Å²) in [7, 11) is 0. The minimum Gasteiger partial charge on any atom is -0.374 e. The normalized spacial score (nSPS) is 21.4. The zero-order chi connectivity index (χ0) is 15.9. The molecule has 5 heteroatoms. The predicted molar refractivity (Wildman–Crippen MR) is 92.4 cm³/mol. The maximum absolute atomic E-state index is 12.3. The van der Waals surface area contributed by atoms with E-state index < -0.39 is 0 Å². The predicted octanol–water partition coefficient (Wildman–Crippen LogP) is 4.21. The van der Waals surface area contributed by atoms with Crippen molar-refractivity contribution in [2.45, 2.75) is 52.0 Å². The molecule has 1 aromatic rings. The minimum atomic E-state index is -0.301. The third kappa shape index (κ3) is 4.73. The van der Waals surface area contributed by atoms with E-state index in [9.17, 15) is 4.79 Å². The molecule has 2 N–H and O–H groups in total. The zero-order valence-electron chi connectivity index (χ0n) is 13.2. The van der Waals surface area contributed by atoms with Crippen LogP contribution in [-0.2, 0) is 4.79 Å². The summed E-state index contributed by atoms with van der Waals surface area (Å²) < 4.78 is 0. The molecule has 1 aromatic carbocycles. The van der Waals surface area contributed by atoms with Gasteiger partial charge in [-0.3, -0.25) is 4.79 Å². The van der Waals surface area contributed by atoms with Crippen LogP contribution in [0.25, 0.3) is 0 Å². The minimum absolute atomic E-state index is 0.0947. The quantitative estimate of drug-likeness (QED) is 0.798. The second kappa shape index (κ2) is 8.18. The van der Waals surface area contributed by atoms with Gasteiger partial charge in [0.15, 0.2) is 0 Å². The maximum Gasteiger partial charge on any atom is 0.262 e. The van der Waals surface area contributed by atoms with Gasteiger partial charge in [-0.15, -0.1) is 0 Å². The average molecular weight is 322 g/mol. The van der Waals surface area contributed by atoms with Crippen LogP contribution in [0.4, 0.5) is 5.69 Å². The number of hydrazone groups is 1. The van der Waals surface area contributed by atoms with Gasteiger partial charge in [0.1, 0.15) is 6.04 Å². The van der Waals surface area contributed by atoms with Gasteiger partial charge in [-0.25, -0.2) is 5.43 Å². The summed E-state index contributed by atoms with van der Waals surface area (Å²) >= 11 is 5.87. The fourth-order valence-electron chi connectivity index (χ4n) is 2.64. The molecular formula is C17H24ClN3O. The van der Waals surface area contributed by atoms with Crippen molar-refractivity contribution in [2.75, 3.05) is 5.32 Å². The Hall–Kier alpha value is -1.55. The lowest BCUT2D eigenvalue weighted by Gasteiger charge is -2.21. The zero-order valence-corrected chi connectivity index (χ0v) is 14.0. The molecule has 1 fully saturated rings. The Morgan fingerprint density at radius 3 is 2.73 bits per heavy atom. The largest absolute Gasteiger partial charge is 0.374 e. The van der Waals surface area contributed by atoms with E-state index >= 15 is 0 Å². The van der Waals surface area contributed by atoms with Crippen LogP contribution in [0.1, 0.15) is 46.0 Å². The number of nitrogens with zero attached hydrogens (tertiary/aromatic N) is 1. The first-order valence-corrected chi connectivity index (χ1v) is 8.36. The first-order chi connectivity index (χ1) is 10.6. The molecule has 0 bridgehead atoms. The third-order valence-electron chi connectivity index (χ3n) is 4.11. The van der Waals surface area contributed by atoms with Crippen LogP contribution in [0.5, 0.6) is 0 Å². The molecule has 1 aliphatic rings. The third-order valence-corrected chi connectivity index (χ3v) is 4.36. The molecule has 0 radical (unpaired) electrons. The topological polar surface area (TPSA) is 53.5 Å². The van der Waals surface area contributed by atoms with Crippen LogP contribution in [-0.4, -0.2) is 17.7 Å². The van der Waals surface area contributed by atoms with Crippen molar-refractivity contribution in [1.29, 1.82) is 0 Å². The first-order valence-electron chi connectivity index (χ1n) is 7.98. The van der Waals surface area contributed by atoms with Crippen LogP contribution in [0, 0.1) is 5.92 Å². The number of hydrogen-bond donors (Lipinski definition) is 2. The molecule has 1 amide bonds. The van der Waals surface area contributed by atoms with Gasteiger partial charge in [0.05, 0.1) is 0 Å². The fraction of sp³-hybridized carbons (Fsp3) is 0.529. The second-order valence-corrected chi connectivity index (χ2v) is 6.27. The number of amides is 1. The molecule has 2 atom stereocenters. The van der Waals surface area contributed by atoms with Crippen LogP contribution >= 0.6 is 11.6 Å². The molecule has 120 valence electrons. The molecule has 0 aromatic heterocycles. The smallest absolute Gasteiger partial charge is 0.262 e. The molecule has 0 unspecified atom stereocenters. The Morgan fingerprint density at radius 2 is 2.09 bits per heavy atom. The fourth-order valence-corrected chi connectivity index (χ4v) is 2.77. The van der Waals surface area contributed by atoms with Crippen LogP contribution < -0.4 is 10.7 Å². The Kier molecular flexibility index (Phi) is 6.25. The van der Waals surface area contributed by atoms with Crippen molar-refractivity contribution < 1.29 is 4.79 Å². The summed E-state index contributed by atoms with van der Waals surface area (Å²) in [5.74, 6) is 0.376. The van der Waals surface area contributed by atoms with Gasteiger partial charge in [-0.1, -0.05) is 31.9 Å². The van der Waals surface area contributed by atoms with Crippen molar-refractivity contribution in [1.82, 2.24) is 5.43 Å². The molecule has 4 nitrogen and oxygen atoms in total. The van der Waals surface area contributed by atoms with Crippen molar-refractivity contribution in [3.63, 3.8) is 0 Å². The highest BCUT2D eigenvalue weighted by molar-refractivity contribution is 6.30. The monoisotopic (exact) mass is 321 g/mol. The summed E-state index contributed by atoms with van der Waals surface area (Å²) in [4.78, 5) is 12.3. The lowest BCUT2D eigenvalue weighted by molar-refractivity contribution is -0.121. The highest BCUT2D eigenvalue weighted by Gasteiger charge is 2.19. The van der Waals surface area contributed by atoms with Crippen LogP contribution in [0.2, 0.25) is 5.02 Å². The average Bonchev–Trinajstić information content (AvgIpc) is 2.53. The van der Waals surface area contributed by atoms with Gasteiger partial charge < -0.3 is 5.32 Å². The lowest BCUT2D eigenvalue weighted by Crippen LogP contribution is -2.37. The number of nitrogens with one attached hydrogen (secondary N) is 2. The van der Waals surface area contributed by atoms with E-state index in [0.717, 1.165) is 24.2 Å². The molecule has 0 spiro atoms. The summed E-state index contributed by atoms with van der Waals surface area (Å²) in [5, 5.41) is 8.24. The van der Waals surface area contributed by atoms with E-state index in [1.807, 2.05) is 19.1 Å². The molecule has 2 rings (SSSR count). The summed E-state index contributed by atoms with van der Waals surface area (Å²) in [6.07, 6.45) is 5.26. The van der Waals surface area contributed by atoms with Gasteiger partial charge in [-0.05, 0) is 55.9 Å². The molecule has 22 heavy (non-hydrogen) atoms. The maximum atomic E-state index is 12.3. The molecule has 0 saturated heterocycles. The molecule has 0 heterocycles. The van der Waals surface area contributed by atoms with E-state index in [1.54, 1.807) is 12.1 Å². The van der Waals surface area contributed by atoms with Gasteiger partial charge in [0.2, 0.25) is 0 Å². The highest BCUT2D eigenvalue weighted by atomic mass is 35.5. The number of hydrogen-bond acceptors (Lipinski definition) is 3. The molecular weight excluding hydrogens is 298 g/mol. The Balaban J connectivity index is 1.93. The van der Waals surface area contributed by atoms with E-state index in [1.165, 1.54) is 12.8 Å². The summed E-state index contributed by atoms with van der Waals surface area (Å²) in [6.45, 7) is 4.15. The Bertz CT molecular complexity index is 527. The SMILES string of the molecule is CC[C@@H](Nc1ccc(Cl)cc1)C(=O)NN=C1CCCC[C@H]1C. The van der Waals surface area contributed by atoms with Crippen molar-refractivity contribution in [3.8, 4) is 0 Å². The van der Waals surface area contributed by atoms with Crippen molar-refractivity contribution in [3.05, 3.63) is 29.3 Å². The van der Waals surface area contributed by atoms with E-state index in [0.29, 0.717) is 17.4 Å². The van der Waals surface area contributed by atoms with Gasteiger partial charge in [-0.2, -0.15) is 5.10 Å². The van der Waals surface area contributed by atoms with Crippen molar-refractivity contribution in [2.24, 2.45) is 11.0 Å². The van der Waals surface area contributed by atoms with E-state index in [-0.39, 0.29) is 11.9 Å².